The van der Waals surface area contributed by atoms with Crippen molar-refractivity contribution in [1.82, 2.24) is 20.0 Å². The number of nitrogens with one attached hydrogen (secondary N) is 1. The number of hydrogen-bond acceptors (Lipinski definition) is 3. The highest BCUT2D eigenvalue weighted by Gasteiger charge is 2.34. The average molecular weight is 327 g/mol. The number of rotatable bonds is 4. The number of likely N-dealkylation sites (N-methyl/N-ethyl adjacent to an activating group) is 1. The molecule has 7 nitrogen and oxygen atoms in total. The number of primary amides is 1. The number of hydrogen-bond donors (Lipinski definition) is 2. The van der Waals surface area contributed by atoms with E-state index in [9.17, 15) is 9.59 Å². The van der Waals surface area contributed by atoms with Gasteiger partial charge in [-0.1, -0.05) is 30.3 Å². The molecule has 2 heterocycles. The molecular weight excluding hydrogens is 306 g/mol. The molecule has 0 spiro atoms. The number of nitrogens with zero attached hydrogens (tertiary/aromatic N) is 3. The molecule has 7 heteroatoms. The van der Waals surface area contributed by atoms with Gasteiger partial charge in [0.1, 0.15) is 6.04 Å². The van der Waals surface area contributed by atoms with Gasteiger partial charge in [0.05, 0.1) is 11.9 Å². The molecule has 24 heavy (non-hydrogen) atoms. The van der Waals surface area contributed by atoms with E-state index < -0.39 is 12.1 Å². The van der Waals surface area contributed by atoms with E-state index in [4.69, 9.17) is 5.73 Å². The molecule has 1 aliphatic heterocycles. The smallest absolute Gasteiger partial charge is 0.315 e. The number of H-pyrrole nitrogens is 1. The number of aromatic amines is 1. The molecule has 1 aromatic heterocycles. The standard InChI is InChI=1S/C17H21N5O2/c1-21(16(23)14-8-5-9-22(14)17(18)24)11-13-10-19-20-15(13)12-6-3-2-4-7-12/h2-4,6-7,10,14H,5,8-9,11H2,1H3,(H2,18,24)(H,19,20)/t14-/m0/s1. The normalized spacial score (nSPS) is 17.0. The first-order chi connectivity index (χ1) is 11.6. The Labute approximate surface area is 140 Å². The van der Waals surface area contributed by atoms with Gasteiger partial charge in [-0.3, -0.25) is 9.89 Å². The van der Waals surface area contributed by atoms with Crippen molar-refractivity contribution < 1.29 is 9.59 Å². The maximum atomic E-state index is 12.7. The summed E-state index contributed by atoms with van der Waals surface area (Å²) >= 11 is 0. The molecule has 1 fully saturated rings. The predicted octanol–water partition coefficient (Wildman–Crippen LogP) is 1.58. The molecule has 0 bridgehead atoms. The molecule has 3 amide bonds. The first-order valence-electron chi connectivity index (χ1n) is 7.96. The molecular formula is C17H21N5O2. The van der Waals surface area contributed by atoms with Crippen molar-refractivity contribution in [3.8, 4) is 11.3 Å². The van der Waals surface area contributed by atoms with Crippen molar-refractivity contribution in [2.24, 2.45) is 5.73 Å². The molecule has 2 aromatic rings. The van der Waals surface area contributed by atoms with Crippen molar-refractivity contribution >= 4 is 11.9 Å². The molecule has 0 unspecified atom stereocenters. The van der Waals surface area contributed by atoms with Gasteiger partial charge in [-0.2, -0.15) is 5.10 Å². The van der Waals surface area contributed by atoms with Crippen LogP contribution in [0.15, 0.2) is 36.5 Å². The minimum Gasteiger partial charge on any atom is -0.351 e. The maximum Gasteiger partial charge on any atom is 0.315 e. The highest BCUT2D eigenvalue weighted by atomic mass is 16.2. The molecule has 126 valence electrons. The minimum absolute atomic E-state index is 0.0912. The van der Waals surface area contributed by atoms with E-state index in [1.165, 1.54) is 4.90 Å². The molecule has 1 atom stereocenters. The second-order valence-corrected chi connectivity index (χ2v) is 6.02. The second kappa shape index (κ2) is 6.74. The molecule has 0 radical (unpaired) electrons. The SMILES string of the molecule is CN(Cc1cn[nH]c1-c1ccccc1)C(=O)[C@@H]1CCCN1C(N)=O. The zero-order valence-electron chi connectivity index (χ0n) is 13.6. The van der Waals surface area contributed by atoms with Crippen molar-refractivity contribution in [2.75, 3.05) is 13.6 Å². The summed E-state index contributed by atoms with van der Waals surface area (Å²) in [5.74, 6) is -0.0912. The summed E-state index contributed by atoms with van der Waals surface area (Å²) in [6, 6.07) is 8.85. The summed E-state index contributed by atoms with van der Waals surface area (Å²) in [5, 5.41) is 7.09. The highest BCUT2D eigenvalue weighted by Crippen LogP contribution is 2.23. The molecule has 0 saturated carbocycles. The Morgan fingerprint density at radius 2 is 2.12 bits per heavy atom. The van der Waals surface area contributed by atoms with Gasteiger partial charge in [-0.05, 0) is 18.4 Å². The van der Waals surface area contributed by atoms with Gasteiger partial charge in [0, 0.05) is 25.7 Å². The Kier molecular flexibility index (Phi) is 4.50. The number of likely N-dealkylation sites (tertiary alicyclic amines) is 1. The maximum absolute atomic E-state index is 12.7. The van der Waals surface area contributed by atoms with Crippen LogP contribution in [-0.4, -0.2) is 51.6 Å². The Bertz CT molecular complexity index is 728. The van der Waals surface area contributed by atoms with Gasteiger partial charge < -0.3 is 15.5 Å². The van der Waals surface area contributed by atoms with Gasteiger partial charge in [0.15, 0.2) is 0 Å². The number of amides is 3. The summed E-state index contributed by atoms with van der Waals surface area (Å²) in [7, 11) is 1.74. The number of nitrogens with two attached hydrogens (primary N) is 1. The molecule has 0 aliphatic carbocycles. The summed E-state index contributed by atoms with van der Waals surface area (Å²) < 4.78 is 0. The predicted molar refractivity (Wildman–Crippen MR) is 89.8 cm³/mol. The lowest BCUT2D eigenvalue weighted by Gasteiger charge is -2.26. The number of urea groups is 1. The van der Waals surface area contributed by atoms with Crippen LogP contribution in [-0.2, 0) is 11.3 Å². The van der Waals surface area contributed by atoms with Crippen molar-refractivity contribution in [3.05, 3.63) is 42.1 Å². The van der Waals surface area contributed by atoms with Crippen LogP contribution in [0.3, 0.4) is 0 Å². The minimum atomic E-state index is -0.535. The fourth-order valence-corrected chi connectivity index (χ4v) is 3.16. The van der Waals surface area contributed by atoms with Gasteiger partial charge in [-0.25, -0.2) is 4.79 Å². The molecule has 1 saturated heterocycles. The molecule has 3 rings (SSSR count). The summed E-state index contributed by atoms with van der Waals surface area (Å²) in [5.41, 5.74) is 8.21. The van der Waals surface area contributed by atoms with Crippen LogP contribution in [0, 0.1) is 0 Å². The van der Waals surface area contributed by atoms with E-state index in [0.717, 1.165) is 23.2 Å². The third kappa shape index (κ3) is 3.10. The number of aromatic nitrogens is 2. The summed E-state index contributed by atoms with van der Waals surface area (Å²) in [6.07, 6.45) is 3.18. The Morgan fingerprint density at radius 1 is 1.38 bits per heavy atom. The Hall–Kier alpha value is -2.83. The second-order valence-electron chi connectivity index (χ2n) is 6.02. The van der Waals surface area contributed by atoms with E-state index in [-0.39, 0.29) is 5.91 Å². The van der Waals surface area contributed by atoms with E-state index in [0.29, 0.717) is 19.5 Å². The summed E-state index contributed by atoms with van der Waals surface area (Å²) in [6.45, 7) is 0.962. The molecule has 3 N–H and O–H groups in total. The third-order valence-electron chi connectivity index (χ3n) is 4.38. The lowest BCUT2D eigenvalue weighted by molar-refractivity contribution is -0.134. The van der Waals surface area contributed by atoms with E-state index in [2.05, 4.69) is 10.2 Å². The Balaban J connectivity index is 1.74. The third-order valence-corrected chi connectivity index (χ3v) is 4.38. The monoisotopic (exact) mass is 327 g/mol. The summed E-state index contributed by atoms with van der Waals surface area (Å²) in [4.78, 5) is 27.2. The largest absolute Gasteiger partial charge is 0.351 e. The zero-order chi connectivity index (χ0) is 17.1. The van der Waals surface area contributed by atoms with Crippen LogP contribution in [0.25, 0.3) is 11.3 Å². The van der Waals surface area contributed by atoms with Gasteiger partial charge in [0.2, 0.25) is 5.91 Å². The lowest BCUT2D eigenvalue weighted by Crippen LogP contribution is -2.48. The van der Waals surface area contributed by atoms with Gasteiger partial charge in [-0.15, -0.1) is 0 Å². The topological polar surface area (TPSA) is 95.3 Å². The van der Waals surface area contributed by atoms with Crippen molar-refractivity contribution in [2.45, 2.75) is 25.4 Å². The van der Waals surface area contributed by atoms with Crippen LogP contribution in [0.2, 0.25) is 0 Å². The zero-order valence-corrected chi connectivity index (χ0v) is 13.6. The first kappa shape index (κ1) is 16.0. The highest BCUT2D eigenvalue weighted by molar-refractivity contribution is 5.87. The fourth-order valence-electron chi connectivity index (χ4n) is 3.16. The van der Waals surface area contributed by atoms with E-state index in [1.807, 2.05) is 30.3 Å². The number of carbonyl (C=O) groups excluding carboxylic acids is 2. The first-order valence-corrected chi connectivity index (χ1v) is 7.96. The fraction of sp³-hybridized carbons (Fsp3) is 0.353. The molecule has 1 aromatic carbocycles. The lowest BCUT2D eigenvalue weighted by atomic mass is 10.1. The van der Waals surface area contributed by atoms with Gasteiger partial charge >= 0.3 is 6.03 Å². The van der Waals surface area contributed by atoms with Crippen LogP contribution in [0.4, 0.5) is 4.79 Å². The van der Waals surface area contributed by atoms with Gasteiger partial charge in [0.25, 0.3) is 0 Å². The van der Waals surface area contributed by atoms with Crippen LogP contribution in [0.1, 0.15) is 18.4 Å². The van der Waals surface area contributed by atoms with Crippen molar-refractivity contribution in [1.29, 1.82) is 0 Å². The Morgan fingerprint density at radius 3 is 2.83 bits per heavy atom. The quantitative estimate of drug-likeness (QED) is 0.892. The molecule has 1 aliphatic rings. The number of benzene rings is 1. The van der Waals surface area contributed by atoms with E-state index >= 15 is 0 Å². The van der Waals surface area contributed by atoms with Crippen LogP contribution >= 0.6 is 0 Å². The van der Waals surface area contributed by atoms with Crippen molar-refractivity contribution in [3.63, 3.8) is 0 Å². The average Bonchev–Trinajstić information content (AvgIpc) is 3.24. The number of carbonyl (C=O) groups is 2. The van der Waals surface area contributed by atoms with Crippen LogP contribution < -0.4 is 5.73 Å². The van der Waals surface area contributed by atoms with E-state index in [1.54, 1.807) is 18.1 Å². The van der Waals surface area contributed by atoms with Crippen LogP contribution in [0.5, 0.6) is 0 Å².